The van der Waals surface area contributed by atoms with Crippen LogP contribution in [-0.2, 0) is 9.59 Å². The van der Waals surface area contributed by atoms with E-state index in [4.69, 9.17) is 5.73 Å². The number of rotatable bonds is 9. The molecule has 9 nitrogen and oxygen atoms in total. The van der Waals surface area contributed by atoms with Gasteiger partial charge in [-0.3, -0.25) is 19.8 Å². The Morgan fingerprint density at radius 1 is 1.23 bits per heavy atom. The average Bonchev–Trinajstić information content (AvgIpc) is 3.08. The Bertz CT molecular complexity index is 985. The number of hydrogen-bond acceptors (Lipinski definition) is 8. The molecule has 1 aromatic rings. The van der Waals surface area contributed by atoms with Gasteiger partial charge in [-0.05, 0) is 50.1 Å². The first-order chi connectivity index (χ1) is 16.8. The third-order valence-corrected chi connectivity index (χ3v) is 7.33. The second-order valence-electron chi connectivity index (χ2n) is 9.67. The molecule has 2 atom stereocenters. The summed E-state index contributed by atoms with van der Waals surface area (Å²) in [6.07, 6.45) is 2.54. The highest BCUT2D eigenvalue weighted by Gasteiger charge is 2.37. The monoisotopic (exact) mass is 487 g/mol. The maximum absolute atomic E-state index is 15.3. The van der Waals surface area contributed by atoms with Crippen LogP contribution >= 0.6 is 0 Å². The van der Waals surface area contributed by atoms with Gasteiger partial charge in [0.1, 0.15) is 11.9 Å². The maximum Gasteiger partial charge on any atom is 0.249 e. The third kappa shape index (κ3) is 5.44. The second kappa shape index (κ2) is 10.9. The highest BCUT2D eigenvalue weighted by atomic mass is 19.1. The molecule has 0 saturated carbocycles. The number of imide groups is 1. The molecule has 2 amide bonds. The molecule has 192 valence electrons. The van der Waals surface area contributed by atoms with Crippen LogP contribution < -0.4 is 21.3 Å². The molecule has 0 aromatic heterocycles. The standard InChI is InChI=1S/C25H38FN7O2/c1-4-21-18(23-16-30(2)13-14-33(23)31(21)3)9-11-32(12-10-27)22-7-5-17(15-19(22)26)28-20-6-8-24(34)29-25(20)35/h5,7,15,20-21,28H,4,6,8-14,16,27H2,1-3H3,(H,29,34,35). The summed E-state index contributed by atoms with van der Waals surface area (Å²) >= 11 is 0. The molecule has 1 aromatic carbocycles. The molecule has 35 heavy (non-hydrogen) atoms. The van der Waals surface area contributed by atoms with Gasteiger partial charge in [-0.15, -0.1) is 0 Å². The van der Waals surface area contributed by atoms with Crippen LogP contribution in [0.2, 0.25) is 0 Å². The zero-order valence-corrected chi connectivity index (χ0v) is 21.0. The molecule has 3 aliphatic rings. The Morgan fingerprint density at radius 3 is 2.71 bits per heavy atom. The Kier molecular flexibility index (Phi) is 7.93. The van der Waals surface area contributed by atoms with E-state index in [1.165, 1.54) is 17.3 Å². The number of carbonyl (C=O) groups excluding carboxylic acids is 2. The fourth-order valence-electron chi connectivity index (χ4n) is 5.49. The van der Waals surface area contributed by atoms with Gasteiger partial charge in [0.2, 0.25) is 11.8 Å². The number of benzene rings is 1. The van der Waals surface area contributed by atoms with E-state index in [1.807, 2.05) is 4.90 Å². The molecule has 4 rings (SSSR count). The summed E-state index contributed by atoms with van der Waals surface area (Å²) in [5.41, 5.74) is 9.73. The van der Waals surface area contributed by atoms with Gasteiger partial charge in [-0.1, -0.05) is 6.92 Å². The lowest BCUT2D eigenvalue weighted by Crippen LogP contribution is -2.48. The van der Waals surface area contributed by atoms with Crippen molar-refractivity contribution >= 4 is 23.2 Å². The predicted molar refractivity (Wildman–Crippen MR) is 135 cm³/mol. The minimum atomic E-state index is -0.548. The molecule has 0 bridgehead atoms. The fraction of sp³-hybridized carbons (Fsp3) is 0.600. The van der Waals surface area contributed by atoms with Crippen molar-refractivity contribution in [1.82, 2.24) is 20.2 Å². The predicted octanol–water partition coefficient (Wildman–Crippen LogP) is 1.34. The maximum atomic E-state index is 15.3. The molecule has 0 aliphatic carbocycles. The molecule has 2 saturated heterocycles. The number of piperidine rings is 1. The van der Waals surface area contributed by atoms with E-state index in [2.05, 4.69) is 46.6 Å². The van der Waals surface area contributed by atoms with Gasteiger partial charge in [0, 0.05) is 64.1 Å². The second-order valence-corrected chi connectivity index (χ2v) is 9.67. The van der Waals surface area contributed by atoms with Gasteiger partial charge < -0.3 is 21.0 Å². The Morgan fingerprint density at radius 2 is 2.03 bits per heavy atom. The summed E-state index contributed by atoms with van der Waals surface area (Å²) in [7, 11) is 4.32. The van der Waals surface area contributed by atoms with E-state index < -0.39 is 6.04 Å². The largest absolute Gasteiger partial charge is 0.374 e. The molecule has 4 N–H and O–H groups in total. The van der Waals surface area contributed by atoms with Crippen LogP contribution in [0.1, 0.15) is 32.6 Å². The molecule has 3 aliphatic heterocycles. The third-order valence-electron chi connectivity index (χ3n) is 7.33. The van der Waals surface area contributed by atoms with Gasteiger partial charge in [0.15, 0.2) is 0 Å². The summed E-state index contributed by atoms with van der Waals surface area (Å²) < 4.78 is 15.3. The van der Waals surface area contributed by atoms with Crippen LogP contribution in [0.3, 0.4) is 0 Å². The quantitative estimate of drug-likeness (QED) is 0.449. The van der Waals surface area contributed by atoms with Crippen molar-refractivity contribution in [2.75, 3.05) is 63.6 Å². The van der Waals surface area contributed by atoms with Crippen LogP contribution in [0, 0.1) is 5.82 Å². The van der Waals surface area contributed by atoms with Crippen LogP contribution in [0.4, 0.5) is 15.8 Å². The van der Waals surface area contributed by atoms with Crippen LogP contribution in [0.15, 0.2) is 29.5 Å². The number of nitrogens with two attached hydrogens (primary N) is 1. The normalized spacial score (nSPS) is 23.5. The number of amides is 2. The Balaban J connectivity index is 1.48. The van der Waals surface area contributed by atoms with Crippen molar-refractivity contribution in [1.29, 1.82) is 0 Å². The molecular formula is C25H38FN7O2. The van der Waals surface area contributed by atoms with E-state index in [0.717, 1.165) is 32.5 Å². The van der Waals surface area contributed by atoms with Crippen molar-refractivity contribution in [3.8, 4) is 0 Å². The molecule has 10 heteroatoms. The van der Waals surface area contributed by atoms with Gasteiger partial charge in [-0.2, -0.15) is 0 Å². The minimum Gasteiger partial charge on any atom is -0.374 e. The van der Waals surface area contributed by atoms with Crippen molar-refractivity contribution in [3.63, 3.8) is 0 Å². The summed E-state index contributed by atoms with van der Waals surface area (Å²) in [6.45, 7) is 6.84. The first-order valence-electron chi connectivity index (χ1n) is 12.6. The van der Waals surface area contributed by atoms with Crippen LogP contribution in [-0.4, -0.2) is 92.2 Å². The molecule has 3 heterocycles. The average molecular weight is 488 g/mol. The number of piperazine rings is 1. The number of nitrogens with zero attached hydrogens (tertiary/aromatic N) is 4. The SMILES string of the molecule is CCC1C(CCN(CCN)c2ccc(NC3CCC(=O)NC3=O)cc2F)=C2CN(C)CCN2N1C. The topological polar surface area (TPSA) is 97.2 Å². The number of fused-ring (bicyclic) bond motifs is 1. The van der Waals surface area contributed by atoms with E-state index >= 15 is 4.39 Å². The Labute approximate surface area is 207 Å². The molecule has 2 unspecified atom stereocenters. The molecule has 0 radical (unpaired) electrons. The van der Waals surface area contributed by atoms with E-state index in [1.54, 1.807) is 12.1 Å². The van der Waals surface area contributed by atoms with Crippen molar-refractivity contribution in [3.05, 3.63) is 35.3 Å². The van der Waals surface area contributed by atoms with Gasteiger partial charge in [0.05, 0.1) is 11.7 Å². The molecule has 0 spiro atoms. The number of carbonyl (C=O) groups is 2. The number of halogens is 1. The lowest BCUT2D eigenvalue weighted by Gasteiger charge is -2.38. The van der Waals surface area contributed by atoms with Gasteiger partial charge in [-0.25, -0.2) is 9.40 Å². The van der Waals surface area contributed by atoms with E-state index in [0.29, 0.717) is 43.5 Å². The molecular weight excluding hydrogens is 449 g/mol. The number of anilines is 2. The highest BCUT2D eigenvalue weighted by Crippen LogP contribution is 2.35. The molecule has 2 fully saturated rings. The minimum absolute atomic E-state index is 0.271. The number of nitrogens with one attached hydrogen (secondary N) is 2. The summed E-state index contributed by atoms with van der Waals surface area (Å²) in [5, 5.41) is 10.1. The van der Waals surface area contributed by atoms with Crippen LogP contribution in [0.5, 0.6) is 0 Å². The first kappa shape index (κ1) is 25.4. The van der Waals surface area contributed by atoms with Crippen molar-refractivity contribution < 1.29 is 14.0 Å². The van der Waals surface area contributed by atoms with Crippen molar-refractivity contribution in [2.45, 2.75) is 44.7 Å². The van der Waals surface area contributed by atoms with E-state index in [-0.39, 0.29) is 24.1 Å². The summed E-state index contributed by atoms with van der Waals surface area (Å²) in [4.78, 5) is 27.8. The van der Waals surface area contributed by atoms with E-state index in [9.17, 15) is 9.59 Å². The number of hydrazine groups is 1. The number of likely N-dealkylation sites (N-methyl/N-ethyl adjacent to an activating group) is 2. The summed E-state index contributed by atoms with van der Waals surface area (Å²) in [5.74, 6) is -1.01. The van der Waals surface area contributed by atoms with Gasteiger partial charge >= 0.3 is 0 Å². The highest BCUT2D eigenvalue weighted by molar-refractivity contribution is 6.01. The lowest BCUT2D eigenvalue weighted by atomic mass is 9.99. The lowest BCUT2D eigenvalue weighted by molar-refractivity contribution is -0.133. The first-order valence-corrected chi connectivity index (χ1v) is 12.6. The Hall–Kier alpha value is -2.69. The summed E-state index contributed by atoms with van der Waals surface area (Å²) in [6, 6.07) is 4.76. The zero-order chi connectivity index (χ0) is 25.1. The van der Waals surface area contributed by atoms with Crippen LogP contribution in [0.25, 0.3) is 0 Å². The fourth-order valence-corrected chi connectivity index (χ4v) is 5.49. The van der Waals surface area contributed by atoms with Crippen molar-refractivity contribution in [2.24, 2.45) is 5.73 Å². The van der Waals surface area contributed by atoms with Gasteiger partial charge in [0.25, 0.3) is 0 Å². The number of hydrogen-bond donors (Lipinski definition) is 3. The smallest absolute Gasteiger partial charge is 0.249 e. The zero-order valence-electron chi connectivity index (χ0n) is 21.0.